The number of hydrogen-bond acceptors (Lipinski definition) is 3. The van der Waals surface area contributed by atoms with Crippen molar-refractivity contribution in [1.82, 2.24) is 9.97 Å². The maximum atomic E-state index is 11.2. The highest BCUT2D eigenvalue weighted by atomic mass is 79.9. The first-order chi connectivity index (χ1) is 8.61. The Morgan fingerprint density at radius 3 is 2.67 bits per heavy atom. The molecule has 0 saturated heterocycles. The maximum absolute atomic E-state index is 11.2. The monoisotopic (exact) mass is 306 g/mol. The summed E-state index contributed by atoms with van der Waals surface area (Å²) < 4.78 is 6.51. The van der Waals surface area contributed by atoms with Crippen molar-refractivity contribution < 1.29 is 4.42 Å². The van der Waals surface area contributed by atoms with Gasteiger partial charge in [-0.05, 0) is 24.3 Å². The number of H-pyrrole nitrogens is 2. The highest BCUT2D eigenvalue weighted by molar-refractivity contribution is 9.10. The fourth-order valence-electron chi connectivity index (χ4n) is 1.75. The lowest BCUT2D eigenvalue weighted by Gasteiger charge is -1.93. The Morgan fingerprint density at radius 2 is 1.89 bits per heavy atom. The first kappa shape index (κ1) is 11.0. The van der Waals surface area contributed by atoms with Gasteiger partial charge in [0, 0.05) is 15.9 Å². The minimum Gasteiger partial charge on any atom is -0.455 e. The van der Waals surface area contributed by atoms with E-state index >= 15 is 0 Å². The van der Waals surface area contributed by atoms with Gasteiger partial charge in [0.05, 0.1) is 5.69 Å². The third-order valence-electron chi connectivity index (χ3n) is 2.50. The molecule has 0 atom stereocenters. The minimum atomic E-state index is -0.556. The lowest BCUT2D eigenvalue weighted by molar-refractivity contribution is 0.627. The molecule has 18 heavy (non-hydrogen) atoms. The SMILES string of the molecule is O=c1cc(-c2cc3cc(Br)ccc3o2)[nH]c(=O)[nH]1. The molecular formula is C12H7BrN2O3. The summed E-state index contributed by atoms with van der Waals surface area (Å²) in [6.07, 6.45) is 0. The van der Waals surface area contributed by atoms with E-state index < -0.39 is 11.2 Å². The largest absolute Gasteiger partial charge is 0.455 e. The smallest absolute Gasteiger partial charge is 0.326 e. The Bertz CT molecular complexity index is 816. The van der Waals surface area contributed by atoms with Crippen molar-refractivity contribution in [2.24, 2.45) is 0 Å². The zero-order chi connectivity index (χ0) is 12.7. The van der Waals surface area contributed by atoms with Crippen molar-refractivity contribution in [3.8, 4) is 11.5 Å². The second-order valence-electron chi connectivity index (χ2n) is 3.79. The van der Waals surface area contributed by atoms with Gasteiger partial charge >= 0.3 is 5.69 Å². The van der Waals surface area contributed by atoms with Crippen molar-refractivity contribution in [1.29, 1.82) is 0 Å². The number of nitrogens with one attached hydrogen (secondary N) is 2. The Kier molecular flexibility index (Phi) is 2.45. The van der Waals surface area contributed by atoms with E-state index in [1.54, 1.807) is 6.07 Å². The molecular weight excluding hydrogens is 300 g/mol. The topological polar surface area (TPSA) is 78.9 Å². The molecule has 90 valence electrons. The zero-order valence-corrected chi connectivity index (χ0v) is 10.6. The van der Waals surface area contributed by atoms with Crippen LogP contribution in [0.15, 0.2) is 48.8 Å². The van der Waals surface area contributed by atoms with Crippen LogP contribution in [0.25, 0.3) is 22.4 Å². The van der Waals surface area contributed by atoms with Gasteiger partial charge in [-0.1, -0.05) is 15.9 Å². The summed E-state index contributed by atoms with van der Waals surface area (Å²) in [5.41, 5.74) is 0.0277. The molecule has 0 aliphatic heterocycles. The molecule has 0 unspecified atom stereocenters. The van der Waals surface area contributed by atoms with E-state index in [0.29, 0.717) is 17.0 Å². The molecule has 2 heterocycles. The fourth-order valence-corrected chi connectivity index (χ4v) is 2.13. The summed E-state index contributed by atoms with van der Waals surface area (Å²) in [4.78, 5) is 27.1. The van der Waals surface area contributed by atoms with Gasteiger partial charge in [-0.25, -0.2) is 4.79 Å². The lowest BCUT2D eigenvalue weighted by Crippen LogP contribution is -2.21. The average molecular weight is 307 g/mol. The Hall–Kier alpha value is -2.08. The zero-order valence-electron chi connectivity index (χ0n) is 8.99. The molecule has 0 spiro atoms. The maximum Gasteiger partial charge on any atom is 0.326 e. The molecule has 2 aromatic heterocycles. The molecule has 0 aliphatic rings. The van der Waals surface area contributed by atoms with Crippen molar-refractivity contribution in [2.75, 3.05) is 0 Å². The summed E-state index contributed by atoms with van der Waals surface area (Å²) in [5.74, 6) is 0.450. The van der Waals surface area contributed by atoms with Gasteiger partial charge in [0.1, 0.15) is 5.58 Å². The van der Waals surface area contributed by atoms with E-state index in [1.807, 2.05) is 18.2 Å². The van der Waals surface area contributed by atoms with Crippen LogP contribution in [0.3, 0.4) is 0 Å². The first-order valence-electron chi connectivity index (χ1n) is 5.15. The average Bonchev–Trinajstić information content (AvgIpc) is 2.70. The predicted octanol–water partition coefficient (Wildman–Crippen LogP) is 2.24. The Balaban J connectivity index is 2.25. The van der Waals surface area contributed by atoms with Gasteiger partial charge in [0.15, 0.2) is 5.76 Å². The quantitative estimate of drug-likeness (QED) is 0.723. The molecule has 0 amide bonds. The van der Waals surface area contributed by atoms with Crippen LogP contribution in [0.2, 0.25) is 0 Å². The van der Waals surface area contributed by atoms with Gasteiger partial charge < -0.3 is 9.40 Å². The number of benzene rings is 1. The predicted molar refractivity (Wildman–Crippen MR) is 70.6 cm³/mol. The number of hydrogen-bond donors (Lipinski definition) is 2. The van der Waals surface area contributed by atoms with Gasteiger partial charge in [0.25, 0.3) is 5.56 Å². The molecule has 6 heteroatoms. The van der Waals surface area contributed by atoms with Gasteiger partial charge in [-0.3, -0.25) is 9.78 Å². The highest BCUT2D eigenvalue weighted by Crippen LogP contribution is 2.27. The molecule has 0 fully saturated rings. The van der Waals surface area contributed by atoms with E-state index in [-0.39, 0.29) is 0 Å². The van der Waals surface area contributed by atoms with Crippen LogP contribution in [0.1, 0.15) is 0 Å². The van der Waals surface area contributed by atoms with Crippen LogP contribution in [-0.2, 0) is 0 Å². The second-order valence-corrected chi connectivity index (χ2v) is 4.71. The number of furan rings is 1. The molecule has 3 rings (SSSR count). The van der Waals surface area contributed by atoms with Crippen LogP contribution in [0, 0.1) is 0 Å². The van der Waals surface area contributed by atoms with Crippen LogP contribution < -0.4 is 11.2 Å². The minimum absolute atomic E-state index is 0.357. The molecule has 3 aromatic rings. The van der Waals surface area contributed by atoms with Crippen molar-refractivity contribution in [3.63, 3.8) is 0 Å². The van der Waals surface area contributed by atoms with Crippen molar-refractivity contribution >= 4 is 26.9 Å². The number of aromatic nitrogens is 2. The van der Waals surface area contributed by atoms with Crippen LogP contribution in [0.4, 0.5) is 0 Å². The highest BCUT2D eigenvalue weighted by Gasteiger charge is 2.08. The molecule has 0 radical (unpaired) electrons. The van der Waals surface area contributed by atoms with Crippen LogP contribution in [0.5, 0.6) is 0 Å². The lowest BCUT2D eigenvalue weighted by atomic mass is 10.2. The summed E-state index contributed by atoms with van der Waals surface area (Å²) in [6, 6.07) is 8.62. The van der Waals surface area contributed by atoms with Crippen LogP contribution in [-0.4, -0.2) is 9.97 Å². The molecule has 2 N–H and O–H groups in total. The number of rotatable bonds is 1. The van der Waals surface area contributed by atoms with E-state index in [0.717, 1.165) is 9.86 Å². The van der Waals surface area contributed by atoms with Gasteiger partial charge in [-0.2, -0.15) is 0 Å². The van der Waals surface area contributed by atoms with E-state index in [9.17, 15) is 9.59 Å². The Labute approximate surface area is 109 Å². The molecule has 0 saturated carbocycles. The third-order valence-corrected chi connectivity index (χ3v) is 3.00. The van der Waals surface area contributed by atoms with E-state index in [2.05, 4.69) is 25.9 Å². The molecule has 0 aliphatic carbocycles. The number of halogens is 1. The third kappa shape index (κ3) is 1.91. The van der Waals surface area contributed by atoms with Crippen molar-refractivity contribution in [2.45, 2.75) is 0 Å². The fraction of sp³-hybridized carbons (Fsp3) is 0. The summed E-state index contributed by atoms with van der Waals surface area (Å²) >= 11 is 3.37. The van der Waals surface area contributed by atoms with Gasteiger partial charge in [-0.15, -0.1) is 0 Å². The molecule has 1 aromatic carbocycles. The number of aromatic amines is 2. The van der Waals surface area contributed by atoms with E-state index in [4.69, 9.17) is 4.42 Å². The summed E-state index contributed by atoms with van der Waals surface area (Å²) in [6.45, 7) is 0. The summed E-state index contributed by atoms with van der Waals surface area (Å²) in [5, 5.41) is 0.889. The van der Waals surface area contributed by atoms with E-state index in [1.165, 1.54) is 6.07 Å². The first-order valence-corrected chi connectivity index (χ1v) is 5.94. The van der Waals surface area contributed by atoms with Crippen molar-refractivity contribution in [3.05, 3.63) is 55.6 Å². The standard InChI is InChI=1S/C12H7BrN2O3/c13-7-1-2-9-6(3-7)4-10(18-9)8-5-11(16)15-12(17)14-8/h1-5H,(H2,14,15,16,17). The molecule has 5 nitrogen and oxygen atoms in total. The number of fused-ring (bicyclic) bond motifs is 1. The molecule has 0 bridgehead atoms. The van der Waals surface area contributed by atoms with Gasteiger partial charge in [0.2, 0.25) is 0 Å². The van der Waals surface area contributed by atoms with Crippen LogP contribution >= 0.6 is 15.9 Å². The normalized spacial score (nSPS) is 10.9. The second kappa shape index (κ2) is 3.99. The Morgan fingerprint density at radius 1 is 1.06 bits per heavy atom. The summed E-state index contributed by atoms with van der Waals surface area (Å²) in [7, 11) is 0.